The molecule has 0 saturated carbocycles. The summed E-state index contributed by atoms with van der Waals surface area (Å²) in [6.07, 6.45) is 4.76. The van der Waals surface area contributed by atoms with Gasteiger partial charge in [0.25, 0.3) is 0 Å². The molecule has 16 heavy (non-hydrogen) atoms. The van der Waals surface area contributed by atoms with Crippen molar-refractivity contribution in [2.75, 3.05) is 5.73 Å². The van der Waals surface area contributed by atoms with E-state index in [0.29, 0.717) is 5.82 Å². The number of pyridine rings is 1. The van der Waals surface area contributed by atoms with Gasteiger partial charge in [-0.05, 0) is 38.5 Å². The summed E-state index contributed by atoms with van der Waals surface area (Å²) in [5, 5.41) is 10.6. The van der Waals surface area contributed by atoms with Crippen molar-refractivity contribution in [3.63, 3.8) is 0 Å². The third kappa shape index (κ3) is 3.73. The lowest BCUT2D eigenvalue weighted by molar-refractivity contribution is 0.492. The Morgan fingerprint density at radius 3 is 2.69 bits per heavy atom. The first-order chi connectivity index (χ1) is 7.42. The van der Waals surface area contributed by atoms with Crippen LogP contribution in [0.5, 0.6) is 0 Å². The Kier molecular flexibility index (Phi) is 3.66. The van der Waals surface area contributed by atoms with Crippen molar-refractivity contribution in [3.05, 3.63) is 30.1 Å². The fourth-order valence-electron chi connectivity index (χ4n) is 1.13. The lowest BCUT2D eigenvalue weighted by Gasteiger charge is -2.19. The minimum Gasteiger partial charge on any atom is -0.386 e. The summed E-state index contributed by atoms with van der Waals surface area (Å²) in [5.41, 5.74) is 7.25. The first-order valence-corrected chi connectivity index (χ1v) is 5.12. The van der Waals surface area contributed by atoms with E-state index < -0.39 is 0 Å². The van der Waals surface area contributed by atoms with E-state index in [4.69, 9.17) is 11.1 Å². The second-order valence-electron chi connectivity index (χ2n) is 4.61. The number of anilines is 1. The van der Waals surface area contributed by atoms with Crippen LogP contribution in [0, 0.1) is 5.41 Å². The monoisotopic (exact) mass is 218 g/mol. The van der Waals surface area contributed by atoms with Crippen LogP contribution in [0.15, 0.2) is 24.5 Å². The Balaban J connectivity index is 2.94. The van der Waals surface area contributed by atoms with Crippen molar-refractivity contribution < 1.29 is 0 Å². The zero-order valence-corrected chi connectivity index (χ0v) is 9.91. The molecule has 86 valence electrons. The Bertz CT molecular complexity index is 402. The molecular formula is C12H18N4. The van der Waals surface area contributed by atoms with Crippen LogP contribution in [0.1, 0.15) is 26.3 Å². The highest BCUT2D eigenvalue weighted by atomic mass is 14.9. The second kappa shape index (κ2) is 4.79. The van der Waals surface area contributed by atoms with Crippen LogP contribution in [0.25, 0.3) is 5.57 Å². The lowest BCUT2D eigenvalue weighted by Crippen LogP contribution is -2.31. The number of nitrogens with one attached hydrogen (secondary N) is 2. The number of nitrogens with two attached hydrogens (primary N) is 1. The topological polar surface area (TPSA) is 74.8 Å². The van der Waals surface area contributed by atoms with Gasteiger partial charge in [0.1, 0.15) is 5.82 Å². The zero-order valence-electron chi connectivity index (χ0n) is 9.91. The van der Waals surface area contributed by atoms with Crippen LogP contribution in [-0.4, -0.2) is 16.7 Å². The summed E-state index contributed by atoms with van der Waals surface area (Å²) < 4.78 is 0. The summed E-state index contributed by atoms with van der Waals surface area (Å²) in [4.78, 5) is 3.92. The van der Waals surface area contributed by atoms with Crippen molar-refractivity contribution in [3.8, 4) is 0 Å². The van der Waals surface area contributed by atoms with Gasteiger partial charge >= 0.3 is 0 Å². The van der Waals surface area contributed by atoms with Crippen LogP contribution in [0.3, 0.4) is 0 Å². The molecular weight excluding hydrogens is 200 g/mol. The summed E-state index contributed by atoms with van der Waals surface area (Å²) >= 11 is 0. The second-order valence-corrected chi connectivity index (χ2v) is 4.61. The first kappa shape index (κ1) is 12.2. The van der Waals surface area contributed by atoms with Crippen molar-refractivity contribution in [2.24, 2.45) is 0 Å². The highest BCUT2D eigenvalue weighted by Crippen LogP contribution is 2.13. The fraction of sp³-hybridized carbons (Fsp3) is 0.333. The molecule has 4 heteroatoms. The van der Waals surface area contributed by atoms with Gasteiger partial charge in [0.2, 0.25) is 0 Å². The molecule has 4 N–H and O–H groups in total. The molecule has 0 bridgehead atoms. The fourth-order valence-corrected chi connectivity index (χ4v) is 1.13. The van der Waals surface area contributed by atoms with Crippen molar-refractivity contribution in [2.45, 2.75) is 26.3 Å². The van der Waals surface area contributed by atoms with Crippen LogP contribution in [0.2, 0.25) is 0 Å². The summed E-state index contributed by atoms with van der Waals surface area (Å²) in [5.74, 6) is 0.459. The molecule has 0 aliphatic rings. The van der Waals surface area contributed by atoms with Gasteiger partial charge in [0.15, 0.2) is 0 Å². The predicted octanol–water partition coefficient (Wildman–Crippen LogP) is 2.04. The van der Waals surface area contributed by atoms with Crippen molar-refractivity contribution in [1.29, 1.82) is 5.41 Å². The Morgan fingerprint density at radius 1 is 1.50 bits per heavy atom. The minimum absolute atomic E-state index is 0.0210. The van der Waals surface area contributed by atoms with E-state index in [1.807, 2.05) is 12.3 Å². The minimum atomic E-state index is -0.0210. The van der Waals surface area contributed by atoms with E-state index in [9.17, 15) is 0 Å². The number of allylic oxidation sites excluding steroid dienone is 1. The van der Waals surface area contributed by atoms with Gasteiger partial charge in [-0.15, -0.1) is 0 Å². The van der Waals surface area contributed by atoms with Gasteiger partial charge in [-0.1, -0.05) is 0 Å². The maximum atomic E-state index is 7.38. The maximum Gasteiger partial charge on any atom is 0.123 e. The molecule has 1 heterocycles. The third-order valence-corrected chi connectivity index (χ3v) is 1.93. The van der Waals surface area contributed by atoms with Gasteiger partial charge in [0.05, 0.1) is 0 Å². The van der Waals surface area contributed by atoms with Gasteiger partial charge in [0, 0.05) is 29.7 Å². The molecule has 1 rings (SSSR count). The number of hydrogen-bond acceptors (Lipinski definition) is 4. The van der Waals surface area contributed by atoms with Gasteiger partial charge in [-0.25, -0.2) is 4.98 Å². The molecule has 1 aromatic rings. The summed E-state index contributed by atoms with van der Waals surface area (Å²) in [6, 6.07) is 3.58. The smallest absolute Gasteiger partial charge is 0.123 e. The van der Waals surface area contributed by atoms with Crippen LogP contribution in [0.4, 0.5) is 5.82 Å². The molecule has 0 amide bonds. The highest BCUT2D eigenvalue weighted by Gasteiger charge is 2.07. The number of rotatable bonds is 3. The van der Waals surface area contributed by atoms with E-state index in [1.54, 1.807) is 12.3 Å². The molecule has 0 aromatic carbocycles. The third-order valence-electron chi connectivity index (χ3n) is 1.93. The summed E-state index contributed by atoms with van der Waals surface area (Å²) in [7, 11) is 0. The number of nitrogen functional groups attached to an aromatic ring is 1. The molecule has 4 nitrogen and oxygen atoms in total. The van der Waals surface area contributed by atoms with E-state index in [1.165, 1.54) is 6.21 Å². The van der Waals surface area contributed by atoms with Crippen LogP contribution >= 0.6 is 0 Å². The normalized spacial score (nSPS) is 12.3. The Labute approximate surface area is 96.1 Å². The molecule has 0 radical (unpaired) electrons. The van der Waals surface area contributed by atoms with Crippen LogP contribution in [-0.2, 0) is 0 Å². The summed E-state index contributed by atoms with van der Waals surface area (Å²) in [6.45, 7) is 6.18. The van der Waals surface area contributed by atoms with Crippen molar-refractivity contribution in [1.82, 2.24) is 10.3 Å². The molecule has 0 aliphatic carbocycles. The number of hydrogen-bond donors (Lipinski definition) is 3. The Morgan fingerprint density at radius 2 is 2.19 bits per heavy atom. The Hall–Kier alpha value is -1.84. The largest absolute Gasteiger partial charge is 0.386 e. The maximum absolute atomic E-state index is 7.38. The molecule has 0 atom stereocenters. The molecule has 0 aliphatic heterocycles. The van der Waals surface area contributed by atoms with Crippen LogP contribution < -0.4 is 11.1 Å². The van der Waals surface area contributed by atoms with Crippen molar-refractivity contribution >= 4 is 17.6 Å². The average Bonchev–Trinajstić information content (AvgIpc) is 2.17. The molecule has 0 spiro atoms. The van der Waals surface area contributed by atoms with Gasteiger partial charge in [-0.2, -0.15) is 0 Å². The molecule has 1 aromatic heterocycles. The molecule has 0 fully saturated rings. The zero-order chi connectivity index (χ0) is 12.2. The number of nitrogens with zero attached hydrogens (tertiary/aromatic N) is 1. The van der Waals surface area contributed by atoms with E-state index in [-0.39, 0.29) is 5.54 Å². The lowest BCUT2D eigenvalue weighted by atomic mass is 10.1. The van der Waals surface area contributed by atoms with E-state index >= 15 is 0 Å². The van der Waals surface area contributed by atoms with Gasteiger partial charge < -0.3 is 16.5 Å². The van der Waals surface area contributed by atoms with E-state index in [0.717, 1.165) is 11.1 Å². The first-order valence-electron chi connectivity index (χ1n) is 5.12. The standard InChI is InChI=1S/C12H18N4/c1-12(2,3)16-8-10(7-13)9-4-5-15-11(14)6-9/h4-8,13,16H,1-3H3,(H2,14,15)/b10-8+,13-7?. The van der Waals surface area contributed by atoms with Gasteiger partial charge in [-0.3, -0.25) is 0 Å². The highest BCUT2D eigenvalue weighted by molar-refractivity contribution is 6.08. The average molecular weight is 218 g/mol. The molecule has 0 unspecified atom stereocenters. The SMILES string of the molecule is CC(C)(C)N/C=C(\C=N)c1ccnc(N)c1. The quantitative estimate of drug-likeness (QED) is 0.680. The predicted molar refractivity (Wildman–Crippen MR) is 68.3 cm³/mol. The molecule has 0 saturated heterocycles. The van der Waals surface area contributed by atoms with E-state index in [2.05, 4.69) is 31.1 Å². The number of aromatic nitrogens is 1.